The van der Waals surface area contributed by atoms with E-state index in [1.54, 1.807) is 6.33 Å². The van der Waals surface area contributed by atoms with Crippen molar-refractivity contribution in [2.24, 2.45) is 0 Å². The van der Waals surface area contributed by atoms with E-state index in [0.29, 0.717) is 6.61 Å². The Bertz CT molecular complexity index is 843. The van der Waals surface area contributed by atoms with Gasteiger partial charge in [0.05, 0.1) is 25.3 Å². The molecule has 4 rings (SSSR count). The zero-order valence-electron chi connectivity index (χ0n) is 14.4. The zero-order valence-corrected chi connectivity index (χ0v) is 14.4. The summed E-state index contributed by atoms with van der Waals surface area (Å²) in [6.45, 7) is 2.10. The first kappa shape index (κ1) is 16.8. The fourth-order valence-electron chi connectivity index (χ4n) is 2.85. The van der Waals surface area contributed by atoms with Gasteiger partial charge in [0.15, 0.2) is 6.29 Å². The second-order valence-electron chi connectivity index (χ2n) is 6.05. The van der Waals surface area contributed by atoms with Gasteiger partial charge in [0, 0.05) is 17.5 Å². The van der Waals surface area contributed by atoms with Crippen LogP contribution in [-0.2, 0) is 9.47 Å². The van der Waals surface area contributed by atoms with Gasteiger partial charge in [0.1, 0.15) is 17.9 Å². The number of hydrogen-bond acceptors (Lipinski definition) is 6. The molecule has 134 valence electrons. The highest BCUT2D eigenvalue weighted by atomic mass is 16.7. The molecule has 0 saturated carbocycles. The fraction of sp³-hybridized carbons (Fsp3) is 0.300. The summed E-state index contributed by atoms with van der Waals surface area (Å²) >= 11 is 0. The molecule has 0 amide bonds. The zero-order chi connectivity index (χ0) is 17.6. The molecule has 1 aromatic heterocycles. The summed E-state index contributed by atoms with van der Waals surface area (Å²) in [5.74, 6) is 1.61. The van der Waals surface area contributed by atoms with Gasteiger partial charge < -0.3 is 19.5 Å². The Morgan fingerprint density at radius 3 is 2.65 bits per heavy atom. The average molecular weight is 351 g/mol. The Hall–Kier alpha value is -2.70. The van der Waals surface area contributed by atoms with Crippen LogP contribution in [0.3, 0.4) is 0 Å². The number of para-hydroxylation sites is 1. The van der Waals surface area contributed by atoms with Gasteiger partial charge in [-0.3, -0.25) is 0 Å². The van der Waals surface area contributed by atoms with Crippen molar-refractivity contribution < 1.29 is 14.2 Å². The number of nitrogens with zero attached hydrogens (tertiary/aromatic N) is 2. The van der Waals surface area contributed by atoms with Crippen LogP contribution >= 0.6 is 0 Å². The smallest absolute Gasteiger partial charge is 0.160 e. The topological polar surface area (TPSA) is 65.5 Å². The minimum absolute atomic E-state index is 0.143. The van der Waals surface area contributed by atoms with E-state index < -0.39 is 0 Å². The van der Waals surface area contributed by atoms with Crippen molar-refractivity contribution in [2.75, 3.05) is 25.1 Å². The van der Waals surface area contributed by atoms with Crippen LogP contribution < -0.4 is 10.1 Å². The van der Waals surface area contributed by atoms with Gasteiger partial charge in [0.2, 0.25) is 0 Å². The predicted molar refractivity (Wildman–Crippen MR) is 99.7 cm³/mol. The molecule has 1 saturated heterocycles. The normalized spacial score (nSPS) is 15.1. The van der Waals surface area contributed by atoms with Crippen molar-refractivity contribution in [3.8, 4) is 5.75 Å². The maximum Gasteiger partial charge on any atom is 0.160 e. The van der Waals surface area contributed by atoms with E-state index in [4.69, 9.17) is 14.2 Å². The lowest BCUT2D eigenvalue weighted by atomic mass is 10.2. The van der Waals surface area contributed by atoms with Crippen LogP contribution in [0.25, 0.3) is 10.9 Å². The van der Waals surface area contributed by atoms with Crippen LogP contribution in [0.1, 0.15) is 12.8 Å². The van der Waals surface area contributed by atoms with Gasteiger partial charge in [-0.2, -0.15) is 0 Å². The summed E-state index contributed by atoms with van der Waals surface area (Å²) < 4.78 is 16.8. The van der Waals surface area contributed by atoms with E-state index in [9.17, 15) is 0 Å². The Kier molecular flexibility index (Phi) is 5.23. The van der Waals surface area contributed by atoms with Crippen molar-refractivity contribution in [3.63, 3.8) is 0 Å². The number of anilines is 2. The molecule has 0 bridgehead atoms. The Morgan fingerprint density at radius 2 is 1.81 bits per heavy atom. The maximum atomic E-state index is 5.77. The second-order valence-corrected chi connectivity index (χ2v) is 6.05. The van der Waals surface area contributed by atoms with Crippen molar-refractivity contribution in [2.45, 2.75) is 19.1 Å². The predicted octanol–water partition coefficient (Wildman–Crippen LogP) is 3.91. The number of aromatic nitrogens is 2. The van der Waals surface area contributed by atoms with Crippen LogP contribution in [0, 0.1) is 0 Å². The third-order valence-electron chi connectivity index (χ3n) is 4.18. The second kappa shape index (κ2) is 8.12. The van der Waals surface area contributed by atoms with Crippen LogP contribution in [0.5, 0.6) is 5.75 Å². The van der Waals surface area contributed by atoms with Gasteiger partial charge in [-0.05, 0) is 42.8 Å². The lowest BCUT2D eigenvalue weighted by molar-refractivity contribution is -0.183. The molecule has 1 aliphatic heterocycles. The average Bonchev–Trinajstić information content (AvgIpc) is 2.70. The van der Waals surface area contributed by atoms with Crippen LogP contribution in [0.4, 0.5) is 11.5 Å². The van der Waals surface area contributed by atoms with Gasteiger partial charge in [-0.1, -0.05) is 12.1 Å². The lowest BCUT2D eigenvalue weighted by Crippen LogP contribution is -2.26. The largest absolute Gasteiger partial charge is 0.493 e. The standard InChI is InChI=1S/C20H21N3O3/c1-2-5-18-17(4-1)20(22-14-21-18)23-15-6-8-16(9-7-15)24-13-10-19-25-11-3-12-26-19/h1-2,4-9,14,19H,3,10-13H2,(H,21,22,23). The Balaban J connectivity index is 1.35. The summed E-state index contributed by atoms with van der Waals surface area (Å²) in [6.07, 6.45) is 3.12. The summed E-state index contributed by atoms with van der Waals surface area (Å²) in [5.41, 5.74) is 1.86. The minimum Gasteiger partial charge on any atom is -0.493 e. The molecular weight excluding hydrogens is 330 g/mol. The molecule has 0 atom stereocenters. The first-order valence-corrected chi connectivity index (χ1v) is 8.81. The third-order valence-corrected chi connectivity index (χ3v) is 4.18. The lowest BCUT2D eigenvalue weighted by Gasteiger charge is -2.23. The summed E-state index contributed by atoms with van der Waals surface area (Å²) in [7, 11) is 0. The molecule has 0 spiro atoms. The molecule has 1 fully saturated rings. The number of hydrogen-bond donors (Lipinski definition) is 1. The van der Waals surface area contributed by atoms with E-state index >= 15 is 0 Å². The molecule has 6 nitrogen and oxygen atoms in total. The molecule has 2 heterocycles. The van der Waals surface area contributed by atoms with E-state index in [1.165, 1.54) is 0 Å². The molecule has 6 heteroatoms. The van der Waals surface area contributed by atoms with Gasteiger partial charge in [-0.15, -0.1) is 0 Å². The van der Waals surface area contributed by atoms with Crippen molar-refractivity contribution in [1.29, 1.82) is 0 Å². The number of ether oxygens (including phenoxy) is 3. The summed E-state index contributed by atoms with van der Waals surface area (Å²) in [4.78, 5) is 8.62. The third kappa shape index (κ3) is 4.09. The van der Waals surface area contributed by atoms with Crippen molar-refractivity contribution in [3.05, 3.63) is 54.9 Å². The molecule has 26 heavy (non-hydrogen) atoms. The molecular formula is C20H21N3O3. The molecule has 1 aliphatic rings. The van der Waals surface area contributed by atoms with E-state index in [1.807, 2.05) is 48.5 Å². The molecule has 0 radical (unpaired) electrons. The van der Waals surface area contributed by atoms with Crippen molar-refractivity contribution >= 4 is 22.4 Å². The fourth-order valence-corrected chi connectivity index (χ4v) is 2.85. The summed E-state index contributed by atoms with van der Waals surface area (Å²) in [6, 6.07) is 15.7. The molecule has 1 N–H and O–H groups in total. The number of benzene rings is 2. The van der Waals surface area contributed by atoms with Crippen molar-refractivity contribution in [1.82, 2.24) is 9.97 Å². The van der Waals surface area contributed by atoms with Crippen LogP contribution in [-0.4, -0.2) is 36.1 Å². The van der Waals surface area contributed by atoms with Crippen LogP contribution in [0.2, 0.25) is 0 Å². The first-order chi connectivity index (χ1) is 12.9. The molecule has 2 aromatic carbocycles. The molecule has 0 unspecified atom stereocenters. The first-order valence-electron chi connectivity index (χ1n) is 8.81. The van der Waals surface area contributed by atoms with Crippen LogP contribution in [0.15, 0.2) is 54.9 Å². The van der Waals surface area contributed by atoms with Gasteiger partial charge in [-0.25, -0.2) is 9.97 Å². The van der Waals surface area contributed by atoms with E-state index in [2.05, 4.69) is 15.3 Å². The highest BCUT2D eigenvalue weighted by molar-refractivity contribution is 5.90. The maximum absolute atomic E-state index is 5.77. The minimum atomic E-state index is -0.143. The van der Waals surface area contributed by atoms with Gasteiger partial charge in [0.25, 0.3) is 0 Å². The SMILES string of the molecule is c1ccc2c(Nc3ccc(OCCC4OCCCO4)cc3)ncnc2c1. The summed E-state index contributed by atoms with van der Waals surface area (Å²) in [5, 5.41) is 4.32. The number of nitrogens with one attached hydrogen (secondary N) is 1. The number of fused-ring (bicyclic) bond motifs is 1. The van der Waals surface area contributed by atoms with Gasteiger partial charge >= 0.3 is 0 Å². The molecule has 3 aromatic rings. The Morgan fingerprint density at radius 1 is 1.00 bits per heavy atom. The highest BCUT2D eigenvalue weighted by Crippen LogP contribution is 2.24. The van der Waals surface area contributed by atoms with E-state index in [-0.39, 0.29) is 6.29 Å². The number of rotatable bonds is 6. The monoisotopic (exact) mass is 351 g/mol. The highest BCUT2D eigenvalue weighted by Gasteiger charge is 2.13. The molecule has 0 aliphatic carbocycles. The Labute approximate surface area is 152 Å². The quantitative estimate of drug-likeness (QED) is 0.726. The van der Waals surface area contributed by atoms with E-state index in [0.717, 1.165) is 54.2 Å².